The first-order valence-corrected chi connectivity index (χ1v) is 12.9. The molecule has 13 heteroatoms. The molecule has 0 amide bonds. The van der Waals surface area contributed by atoms with Crippen molar-refractivity contribution in [2.24, 2.45) is 0 Å². The fourth-order valence-electron chi connectivity index (χ4n) is 3.30. The predicted octanol–water partition coefficient (Wildman–Crippen LogP) is 5.89. The van der Waals surface area contributed by atoms with Crippen LogP contribution in [0.4, 0.5) is 22.0 Å². The van der Waals surface area contributed by atoms with E-state index in [-0.39, 0.29) is 26.8 Å². The van der Waals surface area contributed by atoms with Crippen LogP contribution in [-0.2, 0) is 16.2 Å². The van der Waals surface area contributed by atoms with E-state index in [9.17, 15) is 30.4 Å². The molecule has 0 aliphatic carbocycles. The average Bonchev–Trinajstić information content (AvgIpc) is 3.42. The van der Waals surface area contributed by atoms with Crippen LogP contribution in [0.25, 0.3) is 16.9 Å². The highest BCUT2D eigenvalue weighted by atomic mass is 32.2. The average molecular weight is 555 g/mol. The normalized spacial score (nSPS) is 12.7. The minimum Gasteiger partial charge on any atom is -0.228 e. The molecule has 194 valence electrons. The highest BCUT2D eigenvalue weighted by Gasteiger charge is 2.30. The van der Waals surface area contributed by atoms with Crippen molar-refractivity contribution < 1.29 is 30.4 Å². The van der Waals surface area contributed by atoms with Gasteiger partial charge in [-0.15, -0.1) is 11.3 Å². The Kier molecular flexibility index (Phi) is 6.87. The van der Waals surface area contributed by atoms with Gasteiger partial charge in [0.05, 0.1) is 16.1 Å². The van der Waals surface area contributed by atoms with Gasteiger partial charge in [0.15, 0.2) is 5.65 Å². The molecular formula is C24H19F5N4O2S2. The van der Waals surface area contributed by atoms with Gasteiger partial charge in [-0.25, -0.2) is 31.4 Å². The van der Waals surface area contributed by atoms with Crippen molar-refractivity contribution in [3.8, 4) is 23.1 Å². The third kappa shape index (κ3) is 6.15. The lowest BCUT2D eigenvalue weighted by Gasteiger charge is -2.19. The van der Waals surface area contributed by atoms with Crippen molar-refractivity contribution in [1.29, 1.82) is 0 Å². The summed E-state index contributed by atoms with van der Waals surface area (Å²) in [5, 5.41) is 4.06. The van der Waals surface area contributed by atoms with Crippen LogP contribution in [0.5, 0.6) is 0 Å². The Bertz CT molecular complexity index is 1620. The first-order valence-electron chi connectivity index (χ1n) is 10.6. The number of sulfonamides is 1. The molecule has 4 aromatic rings. The van der Waals surface area contributed by atoms with Gasteiger partial charge in [-0.2, -0.15) is 18.3 Å². The summed E-state index contributed by atoms with van der Waals surface area (Å²) in [6, 6.07) is 9.37. The lowest BCUT2D eigenvalue weighted by atomic mass is 10.1. The third-order valence-electron chi connectivity index (χ3n) is 4.79. The van der Waals surface area contributed by atoms with Crippen molar-refractivity contribution in [3.05, 3.63) is 70.4 Å². The number of halogens is 5. The molecule has 1 aromatic carbocycles. The molecule has 0 aliphatic heterocycles. The van der Waals surface area contributed by atoms with Crippen LogP contribution in [0.3, 0.4) is 0 Å². The Balaban J connectivity index is 1.67. The number of fused-ring (bicyclic) bond motifs is 1. The molecule has 3 heterocycles. The summed E-state index contributed by atoms with van der Waals surface area (Å²) in [6.45, 7) is 5.15. The van der Waals surface area contributed by atoms with Gasteiger partial charge in [0, 0.05) is 17.2 Å². The van der Waals surface area contributed by atoms with Crippen LogP contribution >= 0.6 is 11.3 Å². The summed E-state index contributed by atoms with van der Waals surface area (Å²) < 4.78 is 94.6. The maximum Gasteiger partial charge on any atom is 0.416 e. The molecule has 0 radical (unpaired) electrons. The number of rotatable bonds is 4. The summed E-state index contributed by atoms with van der Waals surface area (Å²) in [5.74, 6) is 5.49. The predicted molar refractivity (Wildman–Crippen MR) is 129 cm³/mol. The number of hydrogen-bond donors (Lipinski definition) is 1. The molecule has 1 N–H and O–H groups in total. The lowest BCUT2D eigenvalue weighted by molar-refractivity contribution is -0.137. The molecule has 0 aliphatic rings. The maximum atomic E-state index is 13.8. The minimum atomic E-state index is -4.53. The van der Waals surface area contributed by atoms with E-state index in [0.29, 0.717) is 4.88 Å². The monoisotopic (exact) mass is 554 g/mol. The van der Waals surface area contributed by atoms with E-state index in [4.69, 9.17) is 0 Å². The number of nitrogens with zero attached hydrogens (tertiary/aromatic N) is 3. The van der Waals surface area contributed by atoms with E-state index in [1.54, 1.807) is 20.8 Å². The van der Waals surface area contributed by atoms with E-state index >= 15 is 0 Å². The summed E-state index contributed by atoms with van der Waals surface area (Å²) in [7, 11) is -3.73. The molecule has 6 nitrogen and oxygen atoms in total. The number of benzene rings is 1. The maximum absolute atomic E-state index is 13.8. The lowest BCUT2D eigenvalue weighted by Crippen LogP contribution is -2.40. The van der Waals surface area contributed by atoms with Gasteiger partial charge in [-0.1, -0.05) is 12.1 Å². The molecule has 3 aromatic heterocycles. The quantitative estimate of drug-likeness (QED) is 0.252. The van der Waals surface area contributed by atoms with Gasteiger partial charge in [0.1, 0.15) is 15.6 Å². The molecule has 4 rings (SSSR count). The second-order valence-electron chi connectivity index (χ2n) is 8.97. The van der Waals surface area contributed by atoms with Crippen LogP contribution < -0.4 is 4.72 Å². The van der Waals surface area contributed by atoms with E-state index in [0.717, 1.165) is 46.2 Å². The SMILES string of the molecule is CC(C)(C)NS(=O)(=O)c1ccc(C#Cc2cc3nc(-c4ccc(C(F)(F)F)cc4)cc(C(F)F)n3n2)s1. The molecule has 0 unspecified atom stereocenters. The summed E-state index contributed by atoms with van der Waals surface area (Å²) in [6.07, 6.45) is -7.47. The number of alkyl halides is 5. The van der Waals surface area contributed by atoms with E-state index < -0.39 is 39.4 Å². The Hall–Kier alpha value is -3.34. The molecule has 0 spiro atoms. The zero-order valence-corrected chi connectivity index (χ0v) is 21.2. The van der Waals surface area contributed by atoms with Crippen molar-refractivity contribution in [1.82, 2.24) is 19.3 Å². The van der Waals surface area contributed by atoms with Gasteiger partial charge >= 0.3 is 6.18 Å². The largest absolute Gasteiger partial charge is 0.416 e. The Morgan fingerprint density at radius 1 is 1.00 bits per heavy atom. The standard InChI is InChI=1S/C24H19F5N4O2S2/c1-23(2,3)32-37(34,35)21-11-10-17(36-21)9-8-16-12-20-30-18(13-19(22(25)26)33(20)31-16)14-4-6-15(7-5-14)24(27,28)29/h4-7,10-13,22,32H,1-3H3. The number of aromatic nitrogens is 3. The van der Waals surface area contributed by atoms with Crippen molar-refractivity contribution >= 4 is 27.0 Å². The van der Waals surface area contributed by atoms with Gasteiger partial charge in [-0.05, 0) is 62.9 Å². The molecule has 0 atom stereocenters. The Morgan fingerprint density at radius 3 is 2.27 bits per heavy atom. The van der Waals surface area contributed by atoms with Crippen LogP contribution in [0, 0.1) is 11.8 Å². The minimum absolute atomic E-state index is 0.0285. The highest BCUT2D eigenvalue weighted by molar-refractivity contribution is 7.91. The smallest absolute Gasteiger partial charge is 0.228 e. The van der Waals surface area contributed by atoms with Crippen LogP contribution in [0.2, 0.25) is 0 Å². The number of hydrogen-bond acceptors (Lipinski definition) is 5. The first-order chi connectivity index (χ1) is 17.1. The van der Waals surface area contributed by atoms with E-state index in [1.165, 1.54) is 18.2 Å². The molecular weight excluding hydrogens is 535 g/mol. The zero-order valence-electron chi connectivity index (χ0n) is 19.6. The highest BCUT2D eigenvalue weighted by Crippen LogP contribution is 2.32. The fourth-order valence-corrected chi connectivity index (χ4v) is 5.88. The van der Waals surface area contributed by atoms with Gasteiger partial charge in [0.2, 0.25) is 0 Å². The zero-order chi connectivity index (χ0) is 27.2. The molecule has 0 fully saturated rings. The summed E-state index contributed by atoms with van der Waals surface area (Å²) >= 11 is 0.943. The second kappa shape index (κ2) is 9.51. The first kappa shape index (κ1) is 26.7. The van der Waals surface area contributed by atoms with Crippen LogP contribution in [-0.4, -0.2) is 28.6 Å². The Morgan fingerprint density at radius 2 is 1.68 bits per heavy atom. The molecule has 0 saturated carbocycles. The molecule has 0 bridgehead atoms. The molecule has 37 heavy (non-hydrogen) atoms. The van der Waals surface area contributed by atoms with Crippen molar-refractivity contribution in [3.63, 3.8) is 0 Å². The topological polar surface area (TPSA) is 76.4 Å². The van der Waals surface area contributed by atoms with E-state index in [2.05, 4.69) is 26.6 Å². The van der Waals surface area contributed by atoms with E-state index in [1.807, 2.05) is 0 Å². The number of thiophene rings is 1. The van der Waals surface area contributed by atoms with Crippen LogP contribution in [0.1, 0.15) is 49.0 Å². The van der Waals surface area contributed by atoms with Crippen LogP contribution in [0.15, 0.2) is 52.7 Å². The molecule has 0 saturated heterocycles. The summed E-state index contributed by atoms with van der Waals surface area (Å²) in [4.78, 5) is 4.68. The third-order valence-corrected chi connectivity index (χ3v) is 8.04. The summed E-state index contributed by atoms with van der Waals surface area (Å²) in [5.41, 5.74) is -1.64. The fraction of sp³-hybridized carbons (Fsp3) is 0.250. The van der Waals surface area contributed by atoms with Gasteiger partial charge in [0.25, 0.3) is 16.4 Å². The van der Waals surface area contributed by atoms with Gasteiger partial charge in [-0.3, -0.25) is 0 Å². The van der Waals surface area contributed by atoms with Crippen molar-refractivity contribution in [2.75, 3.05) is 0 Å². The Labute approximate surface area is 213 Å². The van der Waals surface area contributed by atoms with Crippen molar-refractivity contribution in [2.45, 2.75) is 43.1 Å². The second-order valence-corrected chi connectivity index (χ2v) is 12.0. The van der Waals surface area contributed by atoms with Gasteiger partial charge < -0.3 is 0 Å². The number of nitrogens with one attached hydrogen (secondary N) is 1.